The first-order valence-electron chi connectivity index (χ1n) is 33.2. The molecule has 1 fully saturated rings. The maximum absolute atomic E-state index is 12.7. The first-order valence-corrected chi connectivity index (χ1v) is 35.7. The monoisotopic (exact) mass is 1110 g/mol. The summed E-state index contributed by atoms with van der Waals surface area (Å²) < 4.78 is 5.70. The molecule has 0 amide bonds. The number of esters is 1. The molecular formula is C64H130N4O6S2. The Bertz CT molecular complexity index is 1160. The van der Waals surface area contributed by atoms with Crippen LogP contribution in [-0.2, 0) is 9.53 Å². The van der Waals surface area contributed by atoms with Crippen molar-refractivity contribution >= 4 is 27.6 Å². The molecule has 1 rings (SSSR count). The Morgan fingerprint density at radius 1 is 0.395 bits per heavy atom. The van der Waals surface area contributed by atoms with Crippen LogP contribution in [0, 0.1) is 0 Å². The maximum Gasteiger partial charge on any atom is 0.305 e. The van der Waals surface area contributed by atoms with Crippen LogP contribution in [0.3, 0.4) is 0 Å². The van der Waals surface area contributed by atoms with Gasteiger partial charge in [-0.25, -0.2) is 0 Å². The van der Waals surface area contributed by atoms with E-state index in [0.717, 1.165) is 141 Å². The van der Waals surface area contributed by atoms with E-state index in [-0.39, 0.29) is 30.4 Å². The fourth-order valence-corrected chi connectivity index (χ4v) is 13.1. The van der Waals surface area contributed by atoms with Crippen LogP contribution in [0.2, 0.25) is 0 Å². The van der Waals surface area contributed by atoms with E-state index in [1.54, 1.807) is 0 Å². The van der Waals surface area contributed by atoms with E-state index in [4.69, 9.17) is 4.74 Å². The summed E-state index contributed by atoms with van der Waals surface area (Å²) >= 11 is 0. The largest absolute Gasteiger partial charge is 0.464 e. The molecule has 4 atom stereocenters. The molecule has 0 aromatic heterocycles. The molecule has 1 aliphatic rings. The van der Waals surface area contributed by atoms with Gasteiger partial charge in [-0.3, -0.25) is 24.4 Å². The van der Waals surface area contributed by atoms with Gasteiger partial charge in [-0.1, -0.05) is 248 Å². The van der Waals surface area contributed by atoms with E-state index >= 15 is 0 Å². The minimum atomic E-state index is -0.374. The average Bonchev–Trinajstić information content (AvgIpc) is 3.40. The average molecular weight is 1120 g/mol. The van der Waals surface area contributed by atoms with Gasteiger partial charge in [0.1, 0.15) is 6.61 Å². The zero-order valence-corrected chi connectivity index (χ0v) is 52.5. The lowest BCUT2D eigenvalue weighted by Gasteiger charge is -2.34. The lowest BCUT2D eigenvalue weighted by atomic mass is 10.0. The predicted molar refractivity (Wildman–Crippen MR) is 333 cm³/mol. The Balaban J connectivity index is 2.31. The van der Waals surface area contributed by atoms with Gasteiger partial charge < -0.3 is 25.2 Å². The first kappa shape index (κ1) is 73.9. The van der Waals surface area contributed by atoms with Crippen LogP contribution >= 0.6 is 21.6 Å². The van der Waals surface area contributed by atoms with E-state index in [1.807, 2.05) is 21.6 Å². The number of aliphatic hydroxyl groups is 4. The summed E-state index contributed by atoms with van der Waals surface area (Å²) in [6.07, 6.45) is 45.7. The van der Waals surface area contributed by atoms with Gasteiger partial charge in [-0.15, -0.1) is 0 Å². The van der Waals surface area contributed by atoms with Gasteiger partial charge in [0, 0.05) is 83.4 Å². The Morgan fingerprint density at radius 3 is 1.05 bits per heavy atom. The summed E-state index contributed by atoms with van der Waals surface area (Å²) in [5.74, 6) is 2.15. The van der Waals surface area contributed by atoms with E-state index < -0.39 is 0 Å². The van der Waals surface area contributed by atoms with Crippen LogP contribution in [0.1, 0.15) is 285 Å². The lowest BCUT2D eigenvalue weighted by molar-refractivity contribution is -0.144. The molecule has 454 valence electrons. The molecule has 1 heterocycles. The number of carbonyl (C=O) groups excluding carboxylic acids is 1. The van der Waals surface area contributed by atoms with E-state index in [9.17, 15) is 25.2 Å². The number of piperazine rings is 1. The third-order valence-electron chi connectivity index (χ3n) is 16.0. The minimum absolute atomic E-state index is 0.113. The molecule has 0 saturated carbocycles. The number of hydrogen-bond acceptors (Lipinski definition) is 12. The highest BCUT2D eigenvalue weighted by atomic mass is 33.1. The third-order valence-corrected chi connectivity index (χ3v) is 18.4. The molecular weight excluding hydrogens is 985 g/mol. The SMILES string of the molecule is CCCCCCCCCCC(O)CN(CCCCSSCCN1CCN(CCOC(=O)CCCCN(CC(O)CCCCCCCCCC)CC(O)CCCCCCCCCC)CC1)CC(O)CCCCCCCCC. The Kier molecular flexibility index (Phi) is 55.1. The van der Waals surface area contributed by atoms with Crippen molar-refractivity contribution < 1.29 is 30.0 Å². The second-order valence-electron chi connectivity index (χ2n) is 23.5. The van der Waals surface area contributed by atoms with Crippen molar-refractivity contribution in [2.24, 2.45) is 0 Å². The highest BCUT2D eigenvalue weighted by Crippen LogP contribution is 2.23. The fraction of sp³-hybridized carbons (Fsp3) is 0.984. The Hall–Kier alpha value is -0.150. The number of carbonyl (C=O) groups is 1. The van der Waals surface area contributed by atoms with Crippen molar-refractivity contribution in [3.63, 3.8) is 0 Å². The van der Waals surface area contributed by atoms with Crippen molar-refractivity contribution in [1.82, 2.24) is 19.6 Å². The second kappa shape index (κ2) is 56.7. The van der Waals surface area contributed by atoms with Crippen molar-refractivity contribution in [3.8, 4) is 0 Å². The smallest absolute Gasteiger partial charge is 0.305 e. The van der Waals surface area contributed by atoms with Gasteiger partial charge in [0.05, 0.1) is 24.4 Å². The maximum atomic E-state index is 12.7. The van der Waals surface area contributed by atoms with Crippen LogP contribution in [0.15, 0.2) is 0 Å². The summed E-state index contributed by atoms with van der Waals surface area (Å²) in [5, 5.41) is 43.9. The molecule has 1 aliphatic heterocycles. The van der Waals surface area contributed by atoms with Crippen molar-refractivity contribution in [3.05, 3.63) is 0 Å². The number of aliphatic hydroxyl groups excluding tert-OH is 4. The highest BCUT2D eigenvalue weighted by Gasteiger charge is 2.20. The fourth-order valence-electron chi connectivity index (χ4n) is 10.9. The first-order chi connectivity index (χ1) is 37.2. The van der Waals surface area contributed by atoms with E-state index in [1.165, 1.54) is 173 Å². The molecule has 0 aromatic carbocycles. The minimum Gasteiger partial charge on any atom is -0.464 e. The highest BCUT2D eigenvalue weighted by molar-refractivity contribution is 8.76. The summed E-state index contributed by atoms with van der Waals surface area (Å²) in [7, 11) is 3.99. The molecule has 0 aliphatic carbocycles. The zero-order valence-electron chi connectivity index (χ0n) is 50.9. The lowest BCUT2D eigenvalue weighted by Crippen LogP contribution is -2.47. The van der Waals surface area contributed by atoms with Gasteiger partial charge >= 0.3 is 5.97 Å². The van der Waals surface area contributed by atoms with Crippen LogP contribution < -0.4 is 0 Å². The quantitative estimate of drug-likeness (QED) is 0.0264. The number of hydrogen-bond donors (Lipinski definition) is 4. The van der Waals surface area contributed by atoms with Crippen molar-refractivity contribution in [1.29, 1.82) is 0 Å². The summed E-state index contributed by atoms with van der Waals surface area (Å²) in [4.78, 5) is 22.3. The Morgan fingerprint density at radius 2 is 0.697 bits per heavy atom. The second-order valence-corrected chi connectivity index (χ2v) is 26.2. The molecule has 4 N–H and O–H groups in total. The number of unbranched alkanes of at least 4 members (excludes halogenated alkanes) is 29. The number of ether oxygens (including phenoxy) is 1. The topological polar surface area (TPSA) is 120 Å². The number of rotatable bonds is 60. The zero-order chi connectivity index (χ0) is 55.2. The van der Waals surface area contributed by atoms with Gasteiger partial charge in [0.15, 0.2) is 0 Å². The summed E-state index contributed by atoms with van der Waals surface area (Å²) in [6, 6.07) is 0. The normalized spacial score (nSPS) is 15.3. The molecule has 0 radical (unpaired) electrons. The van der Waals surface area contributed by atoms with Crippen LogP contribution in [0.4, 0.5) is 0 Å². The van der Waals surface area contributed by atoms with Crippen molar-refractivity contribution in [2.45, 2.75) is 309 Å². The van der Waals surface area contributed by atoms with E-state index in [2.05, 4.69) is 47.3 Å². The molecule has 0 spiro atoms. The van der Waals surface area contributed by atoms with Gasteiger partial charge in [-0.2, -0.15) is 0 Å². The third kappa shape index (κ3) is 49.6. The molecule has 4 unspecified atom stereocenters. The molecule has 0 bridgehead atoms. The van der Waals surface area contributed by atoms with Gasteiger partial charge in [0.25, 0.3) is 0 Å². The standard InChI is InChI=1S/C64H130N4O6S2/c1-5-9-13-17-21-25-29-33-41-60(69)56-67(57-61(70)42-34-30-26-22-18-14-10-6-2)45-37-36-44-64(73)74-53-51-65-47-49-66(50-48-65)52-55-76-75-54-39-38-46-68(58-62(71)40-32-28-24-20-16-12-8-4)59-63(72)43-35-31-27-23-19-15-11-7-3/h60-63,69-72H,5-59H2,1-4H3. The van der Waals surface area contributed by atoms with Gasteiger partial charge in [0.2, 0.25) is 0 Å². The summed E-state index contributed by atoms with van der Waals surface area (Å²) in [5.41, 5.74) is 0. The van der Waals surface area contributed by atoms with Crippen LogP contribution in [0.25, 0.3) is 0 Å². The number of nitrogens with zero attached hydrogens (tertiary/aromatic N) is 4. The molecule has 1 saturated heterocycles. The molecule has 10 nitrogen and oxygen atoms in total. The molecule has 76 heavy (non-hydrogen) atoms. The van der Waals surface area contributed by atoms with Crippen molar-refractivity contribution in [2.75, 3.05) is 96.6 Å². The summed E-state index contributed by atoms with van der Waals surface area (Å²) in [6.45, 7) is 19.8. The molecule has 0 aromatic rings. The van der Waals surface area contributed by atoms with Crippen LogP contribution in [0.5, 0.6) is 0 Å². The predicted octanol–water partition coefficient (Wildman–Crippen LogP) is 15.3. The molecule has 12 heteroatoms. The van der Waals surface area contributed by atoms with Gasteiger partial charge in [-0.05, 0) is 64.5 Å². The van der Waals surface area contributed by atoms with Crippen LogP contribution in [-0.4, -0.2) is 167 Å². The van der Waals surface area contributed by atoms with E-state index in [0.29, 0.717) is 39.2 Å². The Labute approximate surface area is 480 Å².